The molecule has 0 aliphatic rings. The van der Waals surface area contributed by atoms with Gasteiger partial charge < -0.3 is 19.9 Å². The Bertz CT molecular complexity index is 510. The van der Waals surface area contributed by atoms with E-state index in [-0.39, 0.29) is 18.9 Å². The molecule has 2 N–H and O–H groups in total. The monoisotopic (exact) mass is 323 g/mol. The van der Waals surface area contributed by atoms with Gasteiger partial charge in [-0.2, -0.15) is 0 Å². The van der Waals surface area contributed by atoms with Crippen molar-refractivity contribution in [1.29, 1.82) is 0 Å². The number of benzene rings is 1. The summed E-state index contributed by atoms with van der Waals surface area (Å²) in [5.74, 6) is 0.173. The van der Waals surface area contributed by atoms with Gasteiger partial charge in [-0.1, -0.05) is 6.92 Å². The van der Waals surface area contributed by atoms with E-state index in [1.807, 2.05) is 6.92 Å². The van der Waals surface area contributed by atoms with Crippen LogP contribution in [-0.2, 0) is 9.59 Å². The lowest BCUT2D eigenvalue weighted by atomic mass is 9.98. The molecule has 0 aliphatic heterocycles. The Morgan fingerprint density at radius 1 is 1.13 bits per heavy atom. The summed E-state index contributed by atoms with van der Waals surface area (Å²) in [6, 6.07) is 7.07. The summed E-state index contributed by atoms with van der Waals surface area (Å²) in [6.45, 7) is 6.15. The Kier molecular flexibility index (Phi) is 7.38. The number of ether oxygens (including phenoxy) is 2. The number of nitrogens with one attached hydrogen (secondary N) is 1. The van der Waals surface area contributed by atoms with Crippen LogP contribution in [-0.4, -0.2) is 35.7 Å². The summed E-state index contributed by atoms with van der Waals surface area (Å²) in [5, 5.41) is 11.5. The second-order valence-electron chi connectivity index (χ2n) is 5.93. The summed E-state index contributed by atoms with van der Waals surface area (Å²) in [4.78, 5) is 22.5. The number of amides is 1. The molecule has 0 unspecified atom stereocenters. The predicted molar refractivity (Wildman–Crippen MR) is 86.8 cm³/mol. The van der Waals surface area contributed by atoms with Gasteiger partial charge in [0.2, 0.25) is 0 Å². The summed E-state index contributed by atoms with van der Waals surface area (Å²) >= 11 is 0. The number of hydrogen-bond acceptors (Lipinski definition) is 4. The highest BCUT2D eigenvalue weighted by Gasteiger charge is 2.21. The van der Waals surface area contributed by atoms with Crippen LogP contribution in [0, 0.1) is 0 Å². The lowest BCUT2D eigenvalue weighted by molar-refractivity contribution is -0.138. The van der Waals surface area contributed by atoms with Crippen molar-refractivity contribution in [2.75, 3.05) is 13.2 Å². The van der Waals surface area contributed by atoms with Crippen LogP contribution >= 0.6 is 0 Å². The van der Waals surface area contributed by atoms with Gasteiger partial charge in [0.05, 0.1) is 6.61 Å². The van der Waals surface area contributed by atoms with E-state index >= 15 is 0 Å². The smallest absolute Gasteiger partial charge is 0.303 e. The van der Waals surface area contributed by atoms with Crippen molar-refractivity contribution in [3.8, 4) is 11.5 Å². The molecule has 6 nitrogen and oxygen atoms in total. The molecule has 0 saturated heterocycles. The molecule has 0 aromatic heterocycles. The van der Waals surface area contributed by atoms with Gasteiger partial charge in [0.15, 0.2) is 6.61 Å². The van der Waals surface area contributed by atoms with Crippen molar-refractivity contribution in [1.82, 2.24) is 5.32 Å². The van der Waals surface area contributed by atoms with E-state index < -0.39 is 11.5 Å². The number of aliphatic carboxylic acids is 1. The predicted octanol–water partition coefficient (Wildman–Crippen LogP) is 2.61. The standard InChI is InChI=1S/C17H25NO5/c1-4-11-22-13-5-7-14(8-6-13)23-12-15(19)18-17(2,3)10-9-16(20)21/h5-8H,4,9-12H2,1-3H3,(H,18,19)(H,20,21). The van der Waals surface area contributed by atoms with Crippen LogP contribution in [0.4, 0.5) is 0 Å². The molecule has 0 spiro atoms. The molecular formula is C17H25NO5. The molecule has 1 amide bonds. The summed E-state index contributed by atoms with van der Waals surface area (Å²) in [7, 11) is 0. The maximum atomic E-state index is 11.9. The highest BCUT2D eigenvalue weighted by atomic mass is 16.5. The fourth-order valence-electron chi connectivity index (χ4n) is 1.90. The van der Waals surface area contributed by atoms with Crippen LogP contribution in [0.1, 0.15) is 40.0 Å². The molecule has 128 valence electrons. The van der Waals surface area contributed by atoms with Crippen LogP contribution in [0.5, 0.6) is 11.5 Å². The minimum absolute atomic E-state index is 0.00730. The third kappa shape index (κ3) is 8.09. The third-order valence-corrected chi connectivity index (χ3v) is 3.11. The molecule has 0 bridgehead atoms. The van der Waals surface area contributed by atoms with Gasteiger partial charge in [0, 0.05) is 12.0 Å². The van der Waals surface area contributed by atoms with E-state index in [4.69, 9.17) is 14.6 Å². The topological polar surface area (TPSA) is 84.9 Å². The van der Waals surface area contributed by atoms with Gasteiger partial charge in [-0.25, -0.2) is 0 Å². The Balaban J connectivity index is 2.39. The largest absolute Gasteiger partial charge is 0.494 e. The minimum atomic E-state index is -0.881. The fourth-order valence-corrected chi connectivity index (χ4v) is 1.90. The summed E-state index contributed by atoms with van der Waals surface area (Å²) < 4.78 is 10.9. The Hall–Kier alpha value is -2.24. The van der Waals surface area contributed by atoms with E-state index in [0.29, 0.717) is 18.8 Å². The minimum Gasteiger partial charge on any atom is -0.494 e. The maximum Gasteiger partial charge on any atom is 0.303 e. The number of carboxylic acids is 1. The Morgan fingerprint density at radius 3 is 2.22 bits per heavy atom. The van der Waals surface area contributed by atoms with Crippen LogP contribution in [0.2, 0.25) is 0 Å². The molecule has 0 radical (unpaired) electrons. The number of rotatable bonds is 10. The molecule has 23 heavy (non-hydrogen) atoms. The SMILES string of the molecule is CCCOc1ccc(OCC(=O)NC(C)(C)CCC(=O)O)cc1. The zero-order chi connectivity index (χ0) is 17.3. The van der Waals surface area contributed by atoms with E-state index in [9.17, 15) is 9.59 Å². The van der Waals surface area contributed by atoms with E-state index in [2.05, 4.69) is 5.32 Å². The first-order valence-electron chi connectivity index (χ1n) is 7.71. The van der Waals surface area contributed by atoms with Crippen molar-refractivity contribution < 1.29 is 24.2 Å². The zero-order valence-electron chi connectivity index (χ0n) is 13.9. The highest BCUT2D eigenvalue weighted by molar-refractivity contribution is 5.78. The van der Waals surface area contributed by atoms with Gasteiger partial charge in [-0.05, 0) is 51.0 Å². The van der Waals surface area contributed by atoms with Gasteiger partial charge in [-0.3, -0.25) is 9.59 Å². The van der Waals surface area contributed by atoms with Crippen molar-refractivity contribution in [3.63, 3.8) is 0 Å². The average molecular weight is 323 g/mol. The number of hydrogen-bond donors (Lipinski definition) is 2. The molecule has 0 aliphatic carbocycles. The first-order valence-corrected chi connectivity index (χ1v) is 7.71. The zero-order valence-corrected chi connectivity index (χ0v) is 13.9. The number of carbonyl (C=O) groups excluding carboxylic acids is 1. The Labute approximate surface area is 136 Å². The normalized spacial score (nSPS) is 10.9. The molecule has 1 rings (SSSR count). The van der Waals surface area contributed by atoms with Gasteiger partial charge in [0.1, 0.15) is 11.5 Å². The van der Waals surface area contributed by atoms with E-state index in [1.54, 1.807) is 38.1 Å². The van der Waals surface area contributed by atoms with E-state index in [1.165, 1.54) is 0 Å². The van der Waals surface area contributed by atoms with Gasteiger partial charge in [0.25, 0.3) is 5.91 Å². The van der Waals surface area contributed by atoms with Crippen molar-refractivity contribution in [2.45, 2.75) is 45.6 Å². The van der Waals surface area contributed by atoms with Crippen molar-refractivity contribution in [3.05, 3.63) is 24.3 Å². The number of carboxylic acid groups (broad SMARTS) is 1. The van der Waals surface area contributed by atoms with Crippen molar-refractivity contribution in [2.24, 2.45) is 0 Å². The molecule has 0 fully saturated rings. The molecule has 0 atom stereocenters. The molecule has 0 heterocycles. The molecule has 6 heteroatoms. The van der Waals surface area contributed by atoms with Crippen LogP contribution in [0.25, 0.3) is 0 Å². The number of carbonyl (C=O) groups is 2. The lowest BCUT2D eigenvalue weighted by Crippen LogP contribution is -2.45. The quantitative estimate of drug-likeness (QED) is 0.691. The van der Waals surface area contributed by atoms with Crippen molar-refractivity contribution >= 4 is 11.9 Å². The Morgan fingerprint density at radius 2 is 1.70 bits per heavy atom. The molecular weight excluding hydrogens is 298 g/mol. The van der Waals surface area contributed by atoms with Crippen LogP contribution in [0.15, 0.2) is 24.3 Å². The first kappa shape index (κ1) is 18.8. The highest BCUT2D eigenvalue weighted by Crippen LogP contribution is 2.18. The third-order valence-electron chi connectivity index (χ3n) is 3.11. The summed E-state index contributed by atoms with van der Waals surface area (Å²) in [5.41, 5.74) is -0.587. The van der Waals surface area contributed by atoms with E-state index in [0.717, 1.165) is 12.2 Å². The van der Waals surface area contributed by atoms with Gasteiger partial charge >= 0.3 is 5.97 Å². The molecule has 0 saturated carbocycles. The molecule has 1 aromatic carbocycles. The van der Waals surface area contributed by atoms with Crippen LogP contribution in [0.3, 0.4) is 0 Å². The average Bonchev–Trinajstić information content (AvgIpc) is 2.49. The first-order chi connectivity index (χ1) is 10.8. The fraction of sp³-hybridized carbons (Fsp3) is 0.529. The van der Waals surface area contributed by atoms with Gasteiger partial charge in [-0.15, -0.1) is 0 Å². The van der Waals surface area contributed by atoms with Crippen LogP contribution < -0.4 is 14.8 Å². The summed E-state index contributed by atoms with van der Waals surface area (Å²) in [6.07, 6.45) is 1.31. The lowest BCUT2D eigenvalue weighted by Gasteiger charge is -2.25. The molecule has 1 aromatic rings. The second kappa shape index (κ2) is 9.02. The second-order valence-corrected chi connectivity index (χ2v) is 5.93. The maximum absolute atomic E-state index is 11.9.